The van der Waals surface area contributed by atoms with Crippen molar-refractivity contribution < 1.29 is 9.53 Å². The SMILES string of the molecule is COC(C)(C)CC(=O)Nc1c(C#N)cnn1C. The van der Waals surface area contributed by atoms with E-state index in [9.17, 15) is 4.79 Å². The van der Waals surface area contributed by atoms with E-state index in [1.54, 1.807) is 14.2 Å². The van der Waals surface area contributed by atoms with Crippen molar-refractivity contribution in [3.05, 3.63) is 11.8 Å². The van der Waals surface area contributed by atoms with Crippen LogP contribution < -0.4 is 5.32 Å². The summed E-state index contributed by atoms with van der Waals surface area (Å²) in [5, 5.41) is 15.4. The van der Waals surface area contributed by atoms with Crippen molar-refractivity contribution in [3.8, 4) is 6.07 Å². The van der Waals surface area contributed by atoms with Gasteiger partial charge in [-0.25, -0.2) is 0 Å². The molecule has 17 heavy (non-hydrogen) atoms. The van der Waals surface area contributed by atoms with Crippen LogP contribution in [-0.4, -0.2) is 28.4 Å². The molecule has 0 fully saturated rings. The van der Waals surface area contributed by atoms with E-state index in [4.69, 9.17) is 10.00 Å². The number of nitrogens with one attached hydrogen (secondary N) is 1. The molecular formula is C11H16N4O2. The van der Waals surface area contributed by atoms with Crippen LogP contribution in [-0.2, 0) is 16.6 Å². The Morgan fingerprint density at radius 2 is 2.35 bits per heavy atom. The fourth-order valence-corrected chi connectivity index (χ4v) is 1.30. The number of methoxy groups -OCH3 is 1. The molecule has 1 aromatic heterocycles. The van der Waals surface area contributed by atoms with Crippen molar-refractivity contribution in [2.75, 3.05) is 12.4 Å². The van der Waals surface area contributed by atoms with Crippen LogP contribution in [0.4, 0.5) is 5.82 Å². The van der Waals surface area contributed by atoms with E-state index in [1.807, 2.05) is 19.9 Å². The van der Waals surface area contributed by atoms with Gasteiger partial charge in [0.2, 0.25) is 5.91 Å². The third-order valence-corrected chi connectivity index (χ3v) is 2.46. The minimum atomic E-state index is -0.532. The number of rotatable bonds is 4. The molecule has 92 valence electrons. The van der Waals surface area contributed by atoms with Gasteiger partial charge in [0, 0.05) is 14.2 Å². The lowest BCUT2D eigenvalue weighted by Crippen LogP contribution is -2.30. The van der Waals surface area contributed by atoms with Crippen LogP contribution in [0.3, 0.4) is 0 Å². The third-order valence-electron chi connectivity index (χ3n) is 2.46. The second-order valence-corrected chi connectivity index (χ2v) is 4.33. The number of amides is 1. The molecule has 1 heterocycles. The standard InChI is InChI=1S/C11H16N4O2/c1-11(2,17-4)5-9(16)14-10-8(6-12)7-13-15(10)3/h7H,5H2,1-4H3,(H,14,16). The maximum Gasteiger partial charge on any atom is 0.228 e. The number of ether oxygens (including phenoxy) is 1. The minimum Gasteiger partial charge on any atom is -0.378 e. The molecule has 0 spiro atoms. The summed E-state index contributed by atoms with van der Waals surface area (Å²) in [6.45, 7) is 3.64. The summed E-state index contributed by atoms with van der Waals surface area (Å²) in [6, 6.07) is 1.97. The van der Waals surface area contributed by atoms with Gasteiger partial charge in [0.05, 0.1) is 18.2 Å². The number of aromatic nitrogens is 2. The van der Waals surface area contributed by atoms with Gasteiger partial charge < -0.3 is 10.1 Å². The summed E-state index contributed by atoms with van der Waals surface area (Å²) in [7, 11) is 3.22. The molecule has 1 aromatic rings. The summed E-state index contributed by atoms with van der Waals surface area (Å²) in [5.41, 5.74) is -0.189. The highest BCUT2D eigenvalue weighted by molar-refractivity contribution is 5.91. The van der Waals surface area contributed by atoms with E-state index in [2.05, 4.69) is 10.4 Å². The largest absolute Gasteiger partial charge is 0.378 e. The number of nitrogens with zero attached hydrogens (tertiary/aromatic N) is 3. The zero-order chi connectivity index (χ0) is 13.1. The maximum atomic E-state index is 11.8. The first-order valence-electron chi connectivity index (χ1n) is 5.16. The highest BCUT2D eigenvalue weighted by atomic mass is 16.5. The van der Waals surface area contributed by atoms with E-state index in [-0.39, 0.29) is 12.3 Å². The van der Waals surface area contributed by atoms with Gasteiger partial charge in [-0.3, -0.25) is 9.48 Å². The van der Waals surface area contributed by atoms with Gasteiger partial charge in [0.25, 0.3) is 0 Å². The molecule has 6 nitrogen and oxygen atoms in total. The third kappa shape index (κ3) is 3.29. The van der Waals surface area contributed by atoms with Crippen molar-refractivity contribution in [3.63, 3.8) is 0 Å². The average molecular weight is 236 g/mol. The first-order chi connectivity index (χ1) is 7.89. The Morgan fingerprint density at radius 3 is 2.88 bits per heavy atom. The van der Waals surface area contributed by atoms with Crippen LogP contribution in [0.1, 0.15) is 25.8 Å². The van der Waals surface area contributed by atoms with Crippen molar-refractivity contribution in [1.29, 1.82) is 5.26 Å². The minimum absolute atomic E-state index is 0.208. The van der Waals surface area contributed by atoms with Crippen molar-refractivity contribution >= 4 is 11.7 Å². The molecule has 0 aliphatic rings. The van der Waals surface area contributed by atoms with Crippen LogP contribution in [0, 0.1) is 11.3 Å². The Morgan fingerprint density at radius 1 is 1.71 bits per heavy atom. The second kappa shape index (κ2) is 4.97. The monoisotopic (exact) mass is 236 g/mol. The van der Waals surface area contributed by atoms with Crippen molar-refractivity contribution in [2.45, 2.75) is 25.9 Å². The van der Waals surface area contributed by atoms with Gasteiger partial charge in [0.15, 0.2) is 0 Å². The zero-order valence-electron chi connectivity index (χ0n) is 10.4. The Bertz CT molecular complexity index is 457. The number of hydrogen-bond acceptors (Lipinski definition) is 4. The number of aryl methyl sites for hydroxylation is 1. The zero-order valence-corrected chi connectivity index (χ0v) is 10.4. The van der Waals surface area contributed by atoms with Crippen LogP contribution in [0.2, 0.25) is 0 Å². The summed E-state index contributed by atoms with van der Waals surface area (Å²) in [4.78, 5) is 11.8. The van der Waals surface area contributed by atoms with E-state index in [1.165, 1.54) is 10.9 Å². The van der Waals surface area contributed by atoms with Gasteiger partial charge in [-0.1, -0.05) is 0 Å². The smallest absolute Gasteiger partial charge is 0.228 e. The molecule has 0 aliphatic carbocycles. The molecule has 0 bridgehead atoms. The molecule has 1 amide bonds. The van der Waals surface area contributed by atoms with Crippen molar-refractivity contribution in [1.82, 2.24) is 9.78 Å². The first kappa shape index (κ1) is 13.2. The number of anilines is 1. The van der Waals surface area contributed by atoms with E-state index in [0.29, 0.717) is 11.4 Å². The van der Waals surface area contributed by atoms with E-state index < -0.39 is 5.60 Å². The number of hydrogen-bond donors (Lipinski definition) is 1. The predicted molar refractivity (Wildman–Crippen MR) is 62.3 cm³/mol. The predicted octanol–water partition coefficient (Wildman–Crippen LogP) is 1.05. The Kier molecular flexibility index (Phi) is 3.86. The van der Waals surface area contributed by atoms with Gasteiger partial charge >= 0.3 is 0 Å². The lowest BCUT2D eigenvalue weighted by atomic mass is 10.1. The lowest BCUT2D eigenvalue weighted by Gasteiger charge is -2.21. The molecule has 0 atom stereocenters. The maximum absolute atomic E-state index is 11.8. The molecule has 0 saturated carbocycles. The Hall–Kier alpha value is -1.87. The van der Waals surface area contributed by atoms with E-state index >= 15 is 0 Å². The quantitative estimate of drug-likeness (QED) is 0.847. The molecule has 1 N–H and O–H groups in total. The highest BCUT2D eigenvalue weighted by Crippen LogP contribution is 2.17. The summed E-state index contributed by atoms with van der Waals surface area (Å²) in [5.74, 6) is 0.196. The highest BCUT2D eigenvalue weighted by Gasteiger charge is 2.22. The van der Waals surface area contributed by atoms with Crippen LogP contribution in [0.25, 0.3) is 0 Å². The van der Waals surface area contributed by atoms with Crippen molar-refractivity contribution in [2.24, 2.45) is 7.05 Å². The second-order valence-electron chi connectivity index (χ2n) is 4.33. The normalized spacial score (nSPS) is 11.0. The summed E-state index contributed by atoms with van der Waals surface area (Å²) < 4.78 is 6.62. The molecule has 0 aromatic carbocycles. The van der Waals surface area contributed by atoms with Crippen LogP contribution in [0.5, 0.6) is 0 Å². The van der Waals surface area contributed by atoms with E-state index in [0.717, 1.165) is 0 Å². The van der Waals surface area contributed by atoms with Gasteiger partial charge in [-0.05, 0) is 13.8 Å². The molecule has 0 radical (unpaired) electrons. The molecular weight excluding hydrogens is 220 g/mol. The van der Waals surface area contributed by atoms with Crippen LogP contribution >= 0.6 is 0 Å². The average Bonchev–Trinajstić information content (AvgIpc) is 2.59. The molecule has 1 rings (SSSR count). The van der Waals surface area contributed by atoms with Gasteiger partial charge in [-0.2, -0.15) is 10.4 Å². The number of nitriles is 1. The summed E-state index contributed by atoms with van der Waals surface area (Å²) >= 11 is 0. The van der Waals surface area contributed by atoms with Crippen LogP contribution in [0.15, 0.2) is 6.20 Å². The van der Waals surface area contributed by atoms with Gasteiger partial charge in [0.1, 0.15) is 17.5 Å². The Balaban J connectivity index is 2.76. The van der Waals surface area contributed by atoms with Gasteiger partial charge in [-0.15, -0.1) is 0 Å². The molecule has 0 unspecified atom stereocenters. The number of carbonyl (C=O) groups excluding carboxylic acids is 1. The fraction of sp³-hybridized carbons (Fsp3) is 0.545. The lowest BCUT2D eigenvalue weighted by molar-refractivity contribution is -0.121. The number of carbonyl (C=O) groups is 1. The first-order valence-corrected chi connectivity index (χ1v) is 5.16. The topological polar surface area (TPSA) is 79.9 Å². The molecule has 6 heteroatoms. The fourth-order valence-electron chi connectivity index (χ4n) is 1.30. The molecule has 0 saturated heterocycles. The molecule has 0 aliphatic heterocycles. The Labute approximate surface area is 100 Å². The summed E-state index contributed by atoms with van der Waals surface area (Å²) in [6.07, 6.45) is 1.62.